The van der Waals surface area contributed by atoms with Gasteiger partial charge in [0.15, 0.2) is 0 Å². The van der Waals surface area contributed by atoms with Crippen LogP contribution in [0.1, 0.15) is 5.56 Å². The first kappa shape index (κ1) is 16.9. The molecule has 0 radical (unpaired) electrons. The number of hydrogen-bond donors (Lipinski definition) is 1. The van der Waals surface area contributed by atoms with Crippen LogP contribution in [0.15, 0.2) is 30.3 Å². The third-order valence-corrected chi connectivity index (χ3v) is 5.23. The maximum absolute atomic E-state index is 12.4. The fraction of sp³-hybridized carbons (Fsp3) is 0.474. The van der Waals surface area contributed by atoms with Crippen LogP contribution in [0.3, 0.4) is 0 Å². The van der Waals surface area contributed by atoms with Crippen LogP contribution in [-0.4, -0.2) is 80.3 Å². The lowest BCUT2D eigenvalue weighted by atomic mass is 10.1. The smallest absolute Gasteiger partial charge is 0.317 e. The Morgan fingerprint density at radius 2 is 1.88 bits per heavy atom. The summed E-state index contributed by atoms with van der Waals surface area (Å²) in [4.78, 5) is 30.0. The molecule has 0 aromatic heterocycles. The van der Waals surface area contributed by atoms with Crippen LogP contribution in [0.5, 0.6) is 0 Å². The van der Waals surface area contributed by atoms with Gasteiger partial charge in [0.2, 0.25) is 5.91 Å². The van der Waals surface area contributed by atoms with Gasteiger partial charge in [-0.1, -0.05) is 12.1 Å². The second-order valence-corrected chi connectivity index (χ2v) is 6.84. The quantitative estimate of drug-likeness (QED) is 0.813. The number of fused-ring (bicyclic) bond motifs is 1. The van der Waals surface area contributed by atoms with Gasteiger partial charge in [-0.2, -0.15) is 0 Å². The largest absolute Gasteiger partial charge is 0.378 e. The number of carbonyl (C=O) groups excluding carboxylic acids is 2. The van der Waals surface area contributed by atoms with Crippen molar-refractivity contribution in [2.24, 2.45) is 0 Å². The van der Waals surface area contributed by atoms with E-state index >= 15 is 0 Å². The Labute approximate surface area is 153 Å². The molecule has 3 amide bonds. The third kappa shape index (κ3) is 3.53. The van der Waals surface area contributed by atoms with Gasteiger partial charge < -0.3 is 24.8 Å². The van der Waals surface area contributed by atoms with E-state index in [1.807, 2.05) is 28.0 Å². The van der Waals surface area contributed by atoms with Crippen LogP contribution in [0, 0.1) is 0 Å². The second kappa shape index (κ2) is 7.37. The van der Waals surface area contributed by atoms with Crippen molar-refractivity contribution in [2.45, 2.75) is 6.04 Å². The highest BCUT2D eigenvalue weighted by Gasteiger charge is 2.36. The third-order valence-electron chi connectivity index (χ3n) is 5.23. The van der Waals surface area contributed by atoms with Crippen molar-refractivity contribution in [3.63, 3.8) is 0 Å². The number of benzene rings is 1. The van der Waals surface area contributed by atoms with Gasteiger partial charge in [-0.25, -0.2) is 4.79 Å². The summed E-state index contributed by atoms with van der Waals surface area (Å²) in [5, 5.41) is 2.83. The zero-order valence-corrected chi connectivity index (χ0v) is 14.8. The van der Waals surface area contributed by atoms with E-state index in [0.29, 0.717) is 26.2 Å². The zero-order chi connectivity index (χ0) is 17.9. The monoisotopic (exact) mass is 356 g/mol. The number of nitrogens with one attached hydrogen (secondary N) is 1. The maximum Gasteiger partial charge on any atom is 0.317 e. The van der Waals surface area contributed by atoms with E-state index in [-0.39, 0.29) is 18.0 Å². The average Bonchev–Trinajstić information content (AvgIpc) is 3.07. The molecular formula is C19H24N4O3. The molecule has 1 N–H and O–H groups in total. The minimum Gasteiger partial charge on any atom is -0.378 e. The van der Waals surface area contributed by atoms with Gasteiger partial charge in [0.05, 0.1) is 19.3 Å². The molecule has 4 rings (SSSR count). The van der Waals surface area contributed by atoms with Crippen molar-refractivity contribution < 1.29 is 14.3 Å². The Balaban J connectivity index is 1.34. The van der Waals surface area contributed by atoms with Gasteiger partial charge in [-0.05, 0) is 23.8 Å². The molecule has 3 heterocycles. The van der Waals surface area contributed by atoms with Crippen molar-refractivity contribution in [1.82, 2.24) is 15.1 Å². The molecule has 7 heteroatoms. The summed E-state index contributed by atoms with van der Waals surface area (Å²) >= 11 is 0. The molecule has 138 valence electrons. The summed E-state index contributed by atoms with van der Waals surface area (Å²) in [7, 11) is 0. The number of piperazine rings is 1. The van der Waals surface area contributed by atoms with Crippen molar-refractivity contribution in [2.75, 3.05) is 57.4 Å². The van der Waals surface area contributed by atoms with Gasteiger partial charge in [-0.3, -0.25) is 4.79 Å². The number of ether oxygens (including phenoxy) is 1. The summed E-state index contributed by atoms with van der Waals surface area (Å²) < 4.78 is 5.38. The summed E-state index contributed by atoms with van der Waals surface area (Å²) in [6, 6.07) is 8.33. The second-order valence-electron chi connectivity index (χ2n) is 6.84. The molecule has 3 saturated heterocycles. The molecular weight excluding hydrogens is 332 g/mol. The van der Waals surface area contributed by atoms with Crippen LogP contribution >= 0.6 is 0 Å². The number of carbonyl (C=O) groups is 2. The van der Waals surface area contributed by atoms with E-state index in [1.165, 1.54) is 5.69 Å². The van der Waals surface area contributed by atoms with E-state index in [0.717, 1.165) is 31.9 Å². The number of rotatable bonds is 3. The number of nitrogens with zero attached hydrogens (tertiary/aromatic N) is 3. The van der Waals surface area contributed by atoms with Gasteiger partial charge >= 0.3 is 6.03 Å². The first-order chi connectivity index (χ1) is 12.7. The molecule has 0 unspecified atom stereocenters. The number of hydrogen-bond acceptors (Lipinski definition) is 4. The molecule has 3 aliphatic heterocycles. The van der Waals surface area contributed by atoms with Crippen LogP contribution in [0.4, 0.5) is 10.5 Å². The lowest BCUT2D eigenvalue weighted by Gasteiger charge is -2.35. The summed E-state index contributed by atoms with van der Waals surface area (Å²) in [6.45, 7) is 5.77. The van der Waals surface area contributed by atoms with Gasteiger partial charge in [0.1, 0.15) is 0 Å². The highest BCUT2D eigenvalue weighted by atomic mass is 16.5. The molecule has 7 nitrogen and oxygen atoms in total. The standard InChI is InChI=1S/C19H24N4O3/c24-18(22-7-8-23-17(14-22)13-20-19(23)25)6-3-15-1-4-16(5-2-15)21-9-11-26-12-10-21/h1-6,17H,7-14H2,(H,20,25)/b6-3+/t17-/m0/s1. The van der Waals surface area contributed by atoms with Crippen molar-refractivity contribution in [1.29, 1.82) is 0 Å². The van der Waals surface area contributed by atoms with Gasteiger partial charge in [0, 0.05) is 51.0 Å². The molecule has 26 heavy (non-hydrogen) atoms. The molecule has 0 aliphatic carbocycles. The number of anilines is 1. The van der Waals surface area contributed by atoms with E-state index in [2.05, 4.69) is 22.3 Å². The SMILES string of the molecule is O=C(/C=C/c1ccc(N2CCOCC2)cc1)N1CCN2C(=O)NC[C@H]2C1. The first-order valence-electron chi connectivity index (χ1n) is 9.15. The lowest BCUT2D eigenvalue weighted by Crippen LogP contribution is -2.53. The van der Waals surface area contributed by atoms with Crippen molar-refractivity contribution in [3.05, 3.63) is 35.9 Å². The van der Waals surface area contributed by atoms with Gasteiger partial charge in [0.25, 0.3) is 0 Å². The molecule has 1 aromatic rings. The van der Waals surface area contributed by atoms with E-state index in [4.69, 9.17) is 4.74 Å². The minimum atomic E-state index is -0.0157. The molecule has 1 aromatic carbocycles. The molecule has 0 spiro atoms. The van der Waals surface area contributed by atoms with Crippen LogP contribution in [0.25, 0.3) is 6.08 Å². The Hall–Kier alpha value is -2.54. The summed E-state index contributed by atoms with van der Waals surface area (Å²) in [5.74, 6) is 0.00116. The molecule has 3 fully saturated rings. The Kier molecular flexibility index (Phi) is 4.79. The topological polar surface area (TPSA) is 65.1 Å². The predicted octanol–water partition coefficient (Wildman–Crippen LogP) is 0.772. The molecule has 1 atom stereocenters. The Bertz CT molecular complexity index is 697. The number of morpholine rings is 1. The Morgan fingerprint density at radius 1 is 1.12 bits per heavy atom. The highest BCUT2D eigenvalue weighted by molar-refractivity contribution is 5.92. The average molecular weight is 356 g/mol. The van der Waals surface area contributed by atoms with Crippen molar-refractivity contribution >= 4 is 23.7 Å². The molecule has 0 bridgehead atoms. The molecule has 0 saturated carbocycles. The summed E-state index contributed by atoms with van der Waals surface area (Å²) in [6.07, 6.45) is 3.49. The van der Waals surface area contributed by atoms with E-state index < -0.39 is 0 Å². The fourth-order valence-electron chi connectivity index (χ4n) is 3.69. The van der Waals surface area contributed by atoms with Gasteiger partial charge in [-0.15, -0.1) is 0 Å². The van der Waals surface area contributed by atoms with E-state index in [1.54, 1.807) is 6.08 Å². The van der Waals surface area contributed by atoms with Crippen molar-refractivity contribution in [3.8, 4) is 0 Å². The maximum atomic E-state index is 12.4. The molecule has 3 aliphatic rings. The van der Waals surface area contributed by atoms with E-state index in [9.17, 15) is 9.59 Å². The fourth-order valence-corrected chi connectivity index (χ4v) is 3.69. The number of urea groups is 1. The first-order valence-corrected chi connectivity index (χ1v) is 9.15. The minimum absolute atomic E-state index is 0.00116. The predicted molar refractivity (Wildman–Crippen MR) is 99.0 cm³/mol. The lowest BCUT2D eigenvalue weighted by molar-refractivity contribution is -0.128. The Morgan fingerprint density at radius 3 is 2.65 bits per heavy atom. The van der Waals surface area contributed by atoms with Crippen LogP contribution in [0.2, 0.25) is 0 Å². The number of amides is 3. The normalized spacial score (nSPS) is 23.3. The van der Waals surface area contributed by atoms with Crippen LogP contribution < -0.4 is 10.2 Å². The zero-order valence-electron chi connectivity index (χ0n) is 14.8. The van der Waals surface area contributed by atoms with Crippen LogP contribution in [-0.2, 0) is 9.53 Å². The highest BCUT2D eigenvalue weighted by Crippen LogP contribution is 2.18. The summed E-state index contributed by atoms with van der Waals surface area (Å²) in [5.41, 5.74) is 2.19.